The summed E-state index contributed by atoms with van der Waals surface area (Å²) in [6.45, 7) is 0.0851. The van der Waals surface area contributed by atoms with Crippen LogP contribution < -0.4 is 5.76 Å². The van der Waals surface area contributed by atoms with Crippen molar-refractivity contribution in [2.24, 2.45) is 0 Å². The van der Waals surface area contributed by atoms with Crippen molar-refractivity contribution in [3.63, 3.8) is 0 Å². The summed E-state index contributed by atoms with van der Waals surface area (Å²) in [5.74, 6) is 0.614. The van der Waals surface area contributed by atoms with Crippen LogP contribution in [0.4, 0.5) is 0 Å². The maximum atomic E-state index is 12.1. The summed E-state index contributed by atoms with van der Waals surface area (Å²) in [4.78, 5) is 17.5. The number of benzene rings is 2. The van der Waals surface area contributed by atoms with Crippen LogP contribution in [0.2, 0.25) is 0 Å². The first kappa shape index (κ1) is 16.3. The van der Waals surface area contributed by atoms with Gasteiger partial charge in [-0.2, -0.15) is 4.98 Å². The minimum atomic E-state index is -0.576. The first-order chi connectivity index (χ1) is 12.7. The van der Waals surface area contributed by atoms with Crippen molar-refractivity contribution in [3.8, 4) is 22.8 Å². The number of aromatic nitrogens is 4. The molecule has 0 aliphatic carbocycles. The quantitative estimate of drug-likeness (QED) is 0.501. The maximum absolute atomic E-state index is 12.1. The van der Waals surface area contributed by atoms with Crippen molar-refractivity contribution in [1.29, 1.82) is 0 Å². The third kappa shape index (κ3) is 3.18. The lowest BCUT2D eigenvalue weighted by molar-refractivity contribution is 0.354. The van der Waals surface area contributed by atoms with E-state index in [4.69, 9.17) is 9.05 Å². The van der Waals surface area contributed by atoms with Gasteiger partial charge in [0, 0.05) is 16.0 Å². The van der Waals surface area contributed by atoms with Gasteiger partial charge in [-0.25, -0.2) is 9.36 Å². The van der Waals surface area contributed by atoms with E-state index in [1.165, 1.54) is 4.57 Å². The van der Waals surface area contributed by atoms with Crippen LogP contribution in [-0.4, -0.2) is 26.1 Å². The van der Waals surface area contributed by atoms with Crippen LogP contribution in [0.15, 0.2) is 73.3 Å². The second kappa shape index (κ2) is 7.01. The SMILES string of the molecule is CSc1ccc(-c2noc(=O)n2Cc2nc(-c3ccccc3)no2)cc1. The Morgan fingerprint density at radius 3 is 2.46 bits per heavy atom. The lowest BCUT2D eigenvalue weighted by atomic mass is 10.2. The van der Waals surface area contributed by atoms with Crippen molar-refractivity contribution >= 4 is 11.8 Å². The Bertz CT molecular complexity index is 1070. The highest BCUT2D eigenvalue weighted by Gasteiger charge is 2.17. The lowest BCUT2D eigenvalue weighted by Crippen LogP contribution is -2.16. The zero-order valence-corrected chi connectivity index (χ0v) is 14.6. The van der Waals surface area contributed by atoms with Crippen molar-refractivity contribution in [3.05, 3.63) is 71.0 Å². The van der Waals surface area contributed by atoms with Crippen LogP contribution in [-0.2, 0) is 6.54 Å². The molecule has 2 aromatic carbocycles. The van der Waals surface area contributed by atoms with Gasteiger partial charge in [0.25, 0.3) is 0 Å². The van der Waals surface area contributed by atoms with Gasteiger partial charge < -0.3 is 4.52 Å². The van der Waals surface area contributed by atoms with Gasteiger partial charge in [-0.15, -0.1) is 11.8 Å². The Morgan fingerprint density at radius 2 is 1.73 bits per heavy atom. The standard InChI is InChI=1S/C18H14N4O3S/c1-26-14-9-7-13(8-10-14)17-21-25-18(23)22(17)11-15-19-16(20-24-15)12-5-3-2-4-6-12/h2-10H,11H2,1H3. The average Bonchev–Trinajstić information content (AvgIpc) is 3.30. The highest BCUT2D eigenvalue weighted by Crippen LogP contribution is 2.22. The van der Waals surface area contributed by atoms with E-state index in [0.29, 0.717) is 17.5 Å². The van der Waals surface area contributed by atoms with E-state index >= 15 is 0 Å². The van der Waals surface area contributed by atoms with Crippen LogP contribution in [0.25, 0.3) is 22.8 Å². The molecule has 4 rings (SSSR count). The number of thioether (sulfide) groups is 1. The summed E-state index contributed by atoms with van der Waals surface area (Å²) >= 11 is 1.64. The molecular weight excluding hydrogens is 352 g/mol. The fraction of sp³-hybridized carbons (Fsp3) is 0.111. The van der Waals surface area contributed by atoms with Crippen molar-refractivity contribution in [2.75, 3.05) is 6.26 Å². The van der Waals surface area contributed by atoms with Crippen LogP contribution in [0.5, 0.6) is 0 Å². The van der Waals surface area contributed by atoms with Crippen LogP contribution >= 0.6 is 11.8 Å². The molecule has 0 unspecified atom stereocenters. The minimum absolute atomic E-state index is 0.0851. The predicted molar refractivity (Wildman–Crippen MR) is 96.8 cm³/mol. The number of hydrogen-bond acceptors (Lipinski definition) is 7. The summed E-state index contributed by atoms with van der Waals surface area (Å²) in [5.41, 5.74) is 1.62. The highest BCUT2D eigenvalue weighted by atomic mass is 32.2. The van der Waals surface area contributed by atoms with Crippen molar-refractivity contribution in [2.45, 2.75) is 11.4 Å². The molecule has 7 nitrogen and oxygen atoms in total. The zero-order chi connectivity index (χ0) is 17.9. The molecule has 2 heterocycles. The molecule has 0 radical (unpaired) electrons. The fourth-order valence-electron chi connectivity index (χ4n) is 2.51. The molecular formula is C18H14N4O3S. The summed E-state index contributed by atoms with van der Waals surface area (Å²) in [6, 6.07) is 17.2. The zero-order valence-electron chi connectivity index (χ0n) is 13.8. The van der Waals surface area contributed by atoms with E-state index in [1.54, 1.807) is 11.8 Å². The third-order valence-electron chi connectivity index (χ3n) is 3.83. The Hall–Kier alpha value is -3.13. The van der Waals surface area contributed by atoms with E-state index in [0.717, 1.165) is 16.0 Å². The van der Waals surface area contributed by atoms with Crippen LogP contribution in [0, 0.1) is 0 Å². The molecule has 8 heteroatoms. The first-order valence-corrected chi connectivity index (χ1v) is 9.06. The Labute approximate surface area is 152 Å². The molecule has 0 saturated carbocycles. The van der Waals surface area contributed by atoms with Crippen molar-refractivity contribution in [1.82, 2.24) is 19.9 Å². The molecule has 0 N–H and O–H groups in total. The van der Waals surface area contributed by atoms with Gasteiger partial charge in [0.1, 0.15) is 6.54 Å². The molecule has 4 aromatic rings. The summed E-state index contributed by atoms with van der Waals surface area (Å²) < 4.78 is 11.5. The summed E-state index contributed by atoms with van der Waals surface area (Å²) in [7, 11) is 0. The molecule has 0 saturated heterocycles. The first-order valence-electron chi connectivity index (χ1n) is 7.83. The van der Waals surface area contributed by atoms with Crippen molar-refractivity contribution < 1.29 is 9.05 Å². The van der Waals surface area contributed by atoms with Gasteiger partial charge in [0.05, 0.1) is 0 Å². The molecule has 0 fully saturated rings. The molecule has 0 atom stereocenters. The normalized spacial score (nSPS) is 11.0. The van der Waals surface area contributed by atoms with Gasteiger partial charge in [-0.1, -0.05) is 52.8 Å². The number of rotatable bonds is 5. The topological polar surface area (TPSA) is 87.0 Å². The van der Waals surface area contributed by atoms with E-state index in [9.17, 15) is 4.79 Å². The fourth-order valence-corrected chi connectivity index (χ4v) is 2.92. The van der Waals surface area contributed by atoms with E-state index in [-0.39, 0.29) is 6.54 Å². The largest absolute Gasteiger partial charge is 0.442 e. The maximum Gasteiger partial charge on any atom is 0.442 e. The molecule has 26 heavy (non-hydrogen) atoms. The minimum Gasteiger partial charge on any atom is -0.337 e. The third-order valence-corrected chi connectivity index (χ3v) is 4.57. The molecule has 0 amide bonds. The molecule has 130 valence electrons. The molecule has 0 bridgehead atoms. The van der Waals surface area contributed by atoms with Crippen LogP contribution in [0.1, 0.15) is 5.89 Å². The smallest absolute Gasteiger partial charge is 0.337 e. The molecule has 0 aliphatic heterocycles. The van der Waals surface area contributed by atoms with Gasteiger partial charge in [-0.05, 0) is 18.4 Å². The summed E-state index contributed by atoms with van der Waals surface area (Å²) in [6.07, 6.45) is 2.00. The summed E-state index contributed by atoms with van der Waals surface area (Å²) in [5, 5.41) is 7.85. The van der Waals surface area contributed by atoms with E-state index in [2.05, 4.69) is 15.3 Å². The second-order valence-electron chi connectivity index (χ2n) is 5.46. The number of hydrogen-bond donors (Lipinski definition) is 0. The second-order valence-corrected chi connectivity index (χ2v) is 6.34. The highest BCUT2D eigenvalue weighted by molar-refractivity contribution is 7.98. The van der Waals surface area contributed by atoms with Crippen LogP contribution in [0.3, 0.4) is 0 Å². The lowest BCUT2D eigenvalue weighted by Gasteiger charge is -2.02. The van der Waals surface area contributed by atoms with E-state index < -0.39 is 5.76 Å². The molecule has 0 spiro atoms. The van der Waals surface area contributed by atoms with Gasteiger partial charge in [0.2, 0.25) is 11.7 Å². The molecule has 0 aliphatic rings. The predicted octanol–water partition coefficient (Wildman–Crippen LogP) is 3.32. The Kier molecular flexibility index (Phi) is 4.40. The van der Waals surface area contributed by atoms with E-state index in [1.807, 2.05) is 60.9 Å². The van der Waals surface area contributed by atoms with Gasteiger partial charge in [-0.3, -0.25) is 4.52 Å². The average molecular weight is 366 g/mol. The monoisotopic (exact) mass is 366 g/mol. The van der Waals surface area contributed by atoms with Gasteiger partial charge >= 0.3 is 5.76 Å². The Morgan fingerprint density at radius 1 is 0.962 bits per heavy atom. The molecule has 2 aromatic heterocycles. The van der Waals surface area contributed by atoms with Gasteiger partial charge in [0.15, 0.2) is 5.82 Å². The number of nitrogens with zero attached hydrogens (tertiary/aromatic N) is 4. The Balaban J connectivity index is 1.64.